The zero-order valence-electron chi connectivity index (χ0n) is 7.15. The van der Waals surface area contributed by atoms with Gasteiger partial charge >= 0.3 is 6.29 Å². The number of rotatable bonds is 5. The SMILES string of the molecule is O.[O-][O+]=C[C@H](O)[C@@H](O)[C@H](O)[C@H](O)CO. The highest BCUT2D eigenvalue weighted by molar-refractivity contribution is 5.56. The van der Waals surface area contributed by atoms with Crippen LogP contribution in [-0.2, 0) is 4.58 Å². The van der Waals surface area contributed by atoms with Crippen molar-refractivity contribution in [3.8, 4) is 0 Å². The summed E-state index contributed by atoms with van der Waals surface area (Å²) >= 11 is 0. The number of aliphatic hydroxyl groups excluding tert-OH is 5. The molecule has 0 saturated heterocycles. The minimum atomic E-state index is -1.80. The van der Waals surface area contributed by atoms with Crippen molar-refractivity contribution in [1.29, 1.82) is 0 Å². The Morgan fingerprint density at radius 3 is 2.00 bits per heavy atom. The molecule has 0 radical (unpaired) electrons. The van der Waals surface area contributed by atoms with Crippen LogP contribution in [0.15, 0.2) is 0 Å². The van der Waals surface area contributed by atoms with Crippen LogP contribution in [0.3, 0.4) is 0 Å². The Hall–Kier alpha value is -0.770. The molecule has 0 bridgehead atoms. The summed E-state index contributed by atoms with van der Waals surface area (Å²) in [5.74, 6) is 0. The maximum absolute atomic E-state index is 9.49. The van der Waals surface area contributed by atoms with Gasteiger partial charge in [0.25, 0.3) is 0 Å². The van der Waals surface area contributed by atoms with E-state index in [-0.39, 0.29) is 5.48 Å². The monoisotopic (exact) mass is 214 g/mol. The van der Waals surface area contributed by atoms with Gasteiger partial charge in [0.2, 0.25) is 0 Å². The molecule has 0 aromatic heterocycles. The van der Waals surface area contributed by atoms with E-state index in [0.29, 0.717) is 6.29 Å². The number of carbonyl (C=O) groups excluding carboxylic acids is 1. The van der Waals surface area contributed by atoms with Crippen molar-refractivity contribution < 1.29 is 40.8 Å². The van der Waals surface area contributed by atoms with Crippen LogP contribution in [0.4, 0.5) is 0 Å². The molecule has 0 heterocycles. The largest absolute Gasteiger partial charge is 0.463 e. The van der Waals surface area contributed by atoms with Gasteiger partial charge in [-0.25, -0.2) is 0 Å². The summed E-state index contributed by atoms with van der Waals surface area (Å²) in [7, 11) is 0. The van der Waals surface area contributed by atoms with Crippen LogP contribution in [0.1, 0.15) is 0 Å². The maximum atomic E-state index is 9.49. The number of aliphatic hydroxyl groups is 5. The molecule has 8 nitrogen and oxygen atoms in total. The number of hydrogen-bond acceptors (Lipinski definition) is 6. The summed E-state index contributed by atoms with van der Waals surface area (Å²) in [4.78, 5) is 0. The molecule has 0 saturated carbocycles. The molecule has 0 aromatic rings. The first-order valence-corrected chi connectivity index (χ1v) is 3.49. The topological polar surface area (TPSA) is 167 Å². The maximum Gasteiger partial charge on any atom is 0.349 e. The molecule has 0 aromatic carbocycles. The molecule has 0 spiro atoms. The van der Waals surface area contributed by atoms with Gasteiger partial charge in [0.05, 0.1) is 6.61 Å². The molecule has 0 rings (SSSR count). The van der Waals surface area contributed by atoms with Gasteiger partial charge in [0, 0.05) is 0 Å². The molecule has 4 atom stereocenters. The molecule has 0 fully saturated rings. The van der Waals surface area contributed by atoms with E-state index in [0.717, 1.165) is 0 Å². The van der Waals surface area contributed by atoms with Crippen molar-refractivity contribution in [2.45, 2.75) is 24.4 Å². The van der Waals surface area contributed by atoms with E-state index in [1.165, 1.54) is 0 Å². The third kappa shape index (κ3) is 4.46. The summed E-state index contributed by atoms with van der Waals surface area (Å²) in [5.41, 5.74) is 0. The molecule has 0 aliphatic rings. The van der Waals surface area contributed by atoms with Gasteiger partial charge in [0.15, 0.2) is 6.10 Å². The first-order valence-electron chi connectivity index (χ1n) is 3.49. The fraction of sp³-hybridized carbons (Fsp3) is 0.833. The summed E-state index contributed by atoms with van der Waals surface area (Å²) < 4.78 is 3.15. The Bertz CT molecular complexity index is 160. The first kappa shape index (κ1) is 15.7. The second-order valence-electron chi connectivity index (χ2n) is 2.45. The fourth-order valence-corrected chi connectivity index (χ4v) is 0.675. The first-order chi connectivity index (χ1) is 6.04. The smallest absolute Gasteiger partial charge is 0.349 e. The lowest BCUT2D eigenvalue weighted by Gasteiger charge is -2.21. The number of hydrogen-bond donors (Lipinski definition) is 5. The number of aldehydes is 1. The van der Waals surface area contributed by atoms with E-state index in [9.17, 15) is 5.26 Å². The van der Waals surface area contributed by atoms with Crippen molar-refractivity contribution in [1.82, 2.24) is 0 Å². The van der Waals surface area contributed by atoms with Crippen molar-refractivity contribution >= 4 is 6.29 Å². The lowest BCUT2D eigenvalue weighted by atomic mass is 10.0. The van der Waals surface area contributed by atoms with E-state index in [1.54, 1.807) is 0 Å². The van der Waals surface area contributed by atoms with Crippen LogP contribution >= 0.6 is 0 Å². The summed E-state index contributed by atoms with van der Waals surface area (Å²) in [6.45, 7) is -0.775. The van der Waals surface area contributed by atoms with E-state index >= 15 is 0 Å². The Morgan fingerprint density at radius 1 is 1.14 bits per heavy atom. The quantitative estimate of drug-likeness (QED) is 0.132. The highest BCUT2D eigenvalue weighted by atomic mass is 17.1. The lowest BCUT2D eigenvalue weighted by molar-refractivity contribution is -1.04. The third-order valence-electron chi connectivity index (χ3n) is 1.48. The molecule has 8 heteroatoms. The lowest BCUT2D eigenvalue weighted by Crippen LogP contribution is -2.46. The standard InChI is InChI=1S/C6H12O7.H2O/c7-1-3(8)5(10)6(11)4(9)2-13-12;/h2-11H,1H2;1H2/t3-,4+,5-,6-;/m1./s1. The van der Waals surface area contributed by atoms with E-state index in [1.807, 2.05) is 0 Å². The van der Waals surface area contributed by atoms with Crippen molar-refractivity contribution in [3.05, 3.63) is 0 Å². The second-order valence-corrected chi connectivity index (χ2v) is 2.45. The minimum Gasteiger partial charge on any atom is -0.463 e. The molecule has 0 amide bonds. The second kappa shape index (κ2) is 7.62. The van der Waals surface area contributed by atoms with Crippen molar-refractivity contribution in [2.24, 2.45) is 0 Å². The average molecular weight is 214 g/mol. The minimum absolute atomic E-state index is 0. The molecule has 7 N–H and O–H groups in total. The van der Waals surface area contributed by atoms with Gasteiger partial charge in [-0.05, 0) is 0 Å². The van der Waals surface area contributed by atoms with Gasteiger partial charge in [-0.2, -0.15) is 4.58 Å². The zero-order valence-corrected chi connectivity index (χ0v) is 7.15. The molecule has 14 heavy (non-hydrogen) atoms. The van der Waals surface area contributed by atoms with Gasteiger partial charge in [0.1, 0.15) is 18.3 Å². The van der Waals surface area contributed by atoms with Crippen LogP contribution in [0, 0.1) is 0 Å². The summed E-state index contributed by atoms with van der Waals surface area (Å²) in [6, 6.07) is 0. The van der Waals surface area contributed by atoms with Crippen LogP contribution < -0.4 is 5.26 Å². The van der Waals surface area contributed by atoms with Crippen LogP contribution in [0.2, 0.25) is 0 Å². The van der Waals surface area contributed by atoms with Gasteiger partial charge < -0.3 is 36.3 Å². The molecular weight excluding hydrogens is 200 g/mol. The fourth-order valence-electron chi connectivity index (χ4n) is 0.675. The molecule has 0 unspecified atom stereocenters. The molecule has 0 aliphatic carbocycles. The van der Waals surface area contributed by atoms with Gasteiger partial charge in [-0.3, -0.25) is 0 Å². The Labute approximate surface area is 79.2 Å². The Balaban J connectivity index is 0. The van der Waals surface area contributed by atoms with Crippen LogP contribution in [-0.4, -0.2) is 68.3 Å². The Kier molecular flexibility index (Phi) is 8.54. The van der Waals surface area contributed by atoms with Crippen LogP contribution in [0.5, 0.6) is 0 Å². The van der Waals surface area contributed by atoms with Crippen molar-refractivity contribution in [2.75, 3.05) is 6.61 Å². The zero-order chi connectivity index (χ0) is 10.4. The Morgan fingerprint density at radius 2 is 1.64 bits per heavy atom. The highest BCUT2D eigenvalue weighted by Crippen LogP contribution is 2.03. The highest BCUT2D eigenvalue weighted by Gasteiger charge is 2.31. The van der Waals surface area contributed by atoms with E-state index in [2.05, 4.69) is 4.58 Å². The summed E-state index contributed by atoms with van der Waals surface area (Å²) in [5, 5.41) is 53.5. The summed E-state index contributed by atoms with van der Waals surface area (Å²) in [6.07, 6.45) is -6.53. The van der Waals surface area contributed by atoms with Crippen molar-refractivity contribution in [3.63, 3.8) is 0 Å². The van der Waals surface area contributed by atoms with Gasteiger partial charge in [-0.15, -0.1) is 0 Å². The van der Waals surface area contributed by atoms with E-state index in [4.69, 9.17) is 25.5 Å². The average Bonchev–Trinajstić information content (AvgIpc) is 2.14. The predicted octanol–water partition coefficient (Wildman–Crippen LogP) is -5.39. The van der Waals surface area contributed by atoms with Gasteiger partial charge in [-0.1, -0.05) is 0 Å². The molecular formula is C6H14O8. The van der Waals surface area contributed by atoms with E-state index < -0.39 is 31.0 Å². The third-order valence-corrected chi connectivity index (χ3v) is 1.48. The van der Waals surface area contributed by atoms with Crippen LogP contribution in [0.25, 0.3) is 0 Å². The predicted molar refractivity (Wildman–Crippen MR) is 40.8 cm³/mol. The molecule has 0 aliphatic heterocycles. The molecule has 86 valence electrons. The normalized spacial score (nSPS) is 19.8.